The van der Waals surface area contributed by atoms with Crippen LogP contribution in [0.4, 0.5) is 11.4 Å². The van der Waals surface area contributed by atoms with Gasteiger partial charge in [0.1, 0.15) is 5.69 Å². The van der Waals surface area contributed by atoms with E-state index in [9.17, 15) is 10.1 Å². The van der Waals surface area contributed by atoms with Gasteiger partial charge in [0.2, 0.25) is 0 Å². The van der Waals surface area contributed by atoms with E-state index in [0.29, 0.717) is 29.8 Å². The number of rotatable bonds is 4. The average Bonchev–Trinajstić information content (AvgIpc) is 2.37. The molecule has 1 N–H and O–H groups in total. The Hall–Kier alpha value is -1.33. The van der Waals surface area contributed by atoms with E-state index in [1.54, 1.807) is 6.07 Å². The summed E-state index contributed by atoms with van der Waals surface area (Å²) in [6.45, 7) is 2.19. The van der Waals surface area contributed by atoms with E-state index < -0.39 is 4.92 Å². The Morgan fingerprint density at radius 2 is 2.39 bits per heavy atom. The lowest BCUT2D eigenvalue weighted by atomic mass is 10.0. The quantitative estimate of drug-likeness (QED) is 0.674. The zero-order chi connectivity index (χ0) is 13.0. The van der Waals surface area contributed by atoms with Gasteiger partial charge in [-0.25, -0.2) is 0 Å². The third-order valence-corrected chi connectivity index (χ3v) is 3.23. The zero-order valence-corrected chi connectivity index (χ0v) is 10.7. The third-order valence-electron chi connectivity index (χ3n) is 2.99. The van der Waals surface area contributed by atoms with Crippen molar-refractivity contribution in [3.05, 3.63) is 33.3 Å². The Bertz CT molecular complexity index is 433. The van der Waals surface area contributed by atoms with Crippen molar-refractivity contribution in [3.63, 3.8) is 0 Å². The Balaban J connectivity index is 2.03. The molecule has 1 fully saturated rings. The fraction of sp³-hybridized carbons (Fsp3) is 0.500. The number of hydrogen-bond donors (Lipinski definition) is 1. The molecule has 5 nitrogen and oxygen atoms in total. The molecule has 0 radical (unpaired) electrons. The summed E-state index contributed by atoms with van der Waals surface area (Å²) in [7, 11) is 0. The highest BCUT2D eigenvalue weighted by molar-refractivity contribution is 6.31. The van der Waals surface area contributed by atoms with Gasteiger partial charge in [-0.3, -0.25) is 10.1 Å². The molecule has 0 aromatic heterocycles. The van der Waals surface area contributed by atoms with E-state index in [0.717, 1.165) is 19.4 Å². The molecule has 0 aliphatic carbocycles. The molecule has 1 aliphatic heterocycles. The molecule has 1 aliphatic rings. The van der Waals surface area contributed by atoms with E-state index in [1.807, 2.05) is 0 Å². The Kier molecular flexibility index (Phi) is 4.38. The number of nitrogens with zero attached hydrogens (tertiary/aromatic N) is 1. The van der Waals surface area contributed by atoms with Crippen molar-refractivity contribution in [2.45, 2.75) is 12.8 Å². The van der Waals surface area contributed by atoms with Gasteiger partial charge in [-0.2, -0.15) is 0 Å². The number of ether oxygens (including phenoxy) is 1. The molecule has 1 aromatic rings. The number of anilines is 1. The lowest BCUT2D eigenvalue weighted by molar-refractivity contribution is -0.384. The van der Waals surface area contributed by atoms with Crippen LogP contribution in [-0.4, -0.2) is 24.7 Å². The highest BCUT2D eigenvalue weighted by Crippen LogP contribution is 2.28. The SMILES string of the molecule is O=[N+]([O-])c1ccc(Cl)cc1NCC1CCCOC1. The topological polar surface area (TPSA) is 64.4 Å². The second-order valence-electron chi connectivity index (χ2n) is 4.38. The first kappa shape index (κ1) is 13.1. The fourth-order valence-electron chi connectivity index (χ4n) is 2.03. The molecule has 0 amide bonds. The lowest BCUT2D eigenvalue weighted by Crippen LogP contribution is -2.24. The van der Waals surface area contributed by atoms with Crippen molar-refractivity contribution >= 4 is 23.0 Å². The van der Waals surface area contributed by atoms with Crippen LogP contribution in [0, 0.1) is 16.0 Å². The van der Waals surface area contributed by atoms with Gasteiger partial charge in [0, 0.05) is 24.2 Å². The van der Waals surface area contributed by atoms with Crippen LogP contribution >= 0.6 is 11.6 Å². The van der Waals surface area contributed by atoms with E-state index in [-0.39, 0.29) is 5.69 Å². The van der Waals surface area contributed by atoms with Crippen molar-refractivity contribution < 1.29 is 9.66 Å². The van der Waals surface area contributed by atoms with E-state index in [2.05, 4.69) is 5.32 Å². The molecule has 1 aromatic carbocycles. The number of halogens is 1. The highest BCUT2D eigenvalue weighted by atomic mass is 35.5. The molecule has 1 saturated heterocycles. The van der Waals surface area contributed by atoms with Crippen molar-refractivity contribution in [1.29, 1.82) is 0 Å². The van der Waals surface area contributed by atoms with Gasteiger partial charge in [0.05, 0.1) is 11.5 Å². The minimum absolute atomic E-state index is 0.0520. The molecule has 1 heterocycles. The molecular weight excluding hydrogens is 256 g/mol. The molecule has 0 bridgehead atoms. The first-order valence-corrected chi connectivity index (χ1v) is 6.30. The van der Waals surface area contributed by atoms with Gasteiger partial charge in [-0.05, 0) is 30.9 Å². The molecule has 1 unspecified atom stereocenters. The number of benzene rings is 1. The summed E-state index contributed by atoms with van der Waals surface area (Å²) in [6, 6.07) is 4.53. The number of nitro benzene ring substituents is 1. The molecule has 6 heteroatoms. The van der Waals surface area contributed by atoms with Crippen LogP contribution in [0.1, 0.15) is 12.8 Å². The Morgan fingerprint density at radius 1 is 1.56 bits per heavy atom. The van der Waals surface area contributed by atoms with E-state index in [1.165, 1.54) is 12.1 Å². The minimum Gasteiger partial charge on any atom is -0.381 e. The minimum atomic E-state index is -0.407. The number of nitrogens with one attached hydrogen (secondary N) is 1. The standard InChI is InChI=1S/C12H15ClN2O3/c13-10-3-4-12(15(16)17)11(6-10)14-7-9-2-1-5-18-8-9/h3-4,6,9,14H,1-2,5,7-8H2. The fourth-order valence-corrected chi connectivity index (χ4v) is 2.20. The van der Waals surface area contributed by atoms with Gasteiger partial charge in [0.25, 0.3) is 5.69 Å². The van der Waals surface area contributed by atoms with Gasteiger partial charge in [-0.1, -0.05) is 11.6 Å². The molecule has 2 rings (SSSR count). The van der Waals surface area contributed by atoms with Gasteiger partial charge in [-0.15, -0.1) is 0 Å². The second-order valence-corrected chi connectivity index (χ2v) is 4.82. The van der Waals surface area contributed by atoms with Crippen molar-refractivity contribution in [1.82, 2.24) is 0 Å². The summed E-state index contributed by atoms with van der Waals surface area (Å²) >= 11 is 5.86. The molecule has 18 heavy (non-hydrogen) atoms. The normalized spacial score (nSPS) is 19.5. The summed E-state index contributed by atoms with van der Waals surface area (Å²) < 4.78 is 5.37. The summed E-state index contributed by atoms with van der Waals surface area (Å²) in [5.74, 6) is 0.400. The van der Waals surface area contributed by atoms with Crippen LogP contribution in [0.25, 0.3) is 0 Å². The maximum absolute atomic E-state index is 10.9. The van der Waals surface area contributed by atoms with Gasteiger partial charge in [0.15, 0.2) is 0 Å². The van der Waals surface area contributed by atoms with Crippen LogP contribution in [0.15, 0.2) is 18.2 Å². The predicted molar refractivity (Wildman–Crippen MR) is 70.1 cm³/mol. The molecule has 0 spiro atoms. The molecular formula is C12H15ClN2O3. The maximum Gasteiger partial charge on any atom is 0.292 e. The monoisotopic (exact) mass is 270 g/mol. The summed E-state index contributed by atoms with van der Waals surface area (Å²) in [5, 5.41) is 14.5. The third kappa shape index (κ3) is 3.34. The number of hydrogen-bond acceptors (Lipinski definition) is 4. The average molecular weight is 271 g/mol. The van der Waals surface area contributed by atoms with Crippen LogP contribution < -0.4 is 5.32 Å². The van der Waals surface area contributed by atoms with Crippen molar-refractivity contribution in [3.8, 4) is 0 Å². The first-order chi connectivity index (χ1) is 8.66. The van der Waals surface area contributed by atoms with E-state index >= 15 is 0 Å². The van der Waals surface area contributed by atoms with Crippen molar-refractivity contribution in [2.24, 2.45) is 5.92 Å². The largest absolute Gasteiger partial charge is 0.381 e. The molecule has 1 atom stereocenters. The van der Waals surface area contributed by atoms with Crippen molar-refractivity contribution in [2.75, 3.05) is 25.1 Å². The smallest absolute Gasteiger partial charge is 0.292 e. The second kappa shape index (κ2) is 6.02. The van der Waals surface area contributed by atoms with Crippen LogP contribution in [-0.2, 0) is 4.74 Å². The Morgan fingerprint density at radius 3 is 3.06 bits per heavy atom. The van der Waals surface area contributed by atoms with Gasteiger partial charge >= 0.3 is 0 Å². The number of nitro groups is 1. The molecule has 0 saturated carbocycles. The zero-order valence-electron chi connectivity index (χ0n) is 9.89. The maximum atomic E-state index is 10.9. The van der Waals surface area contributed by atoms with Crippen LogP contribution in [0.3, 0.4) is 0 Å². The van der Waals surface area contributed by atoms with Crippen LogP contribution in [0.5, 0.6) is 0 Å². The lowest BCUT2D eigenvalue weighted by Gasteiger charge is -2.22. The summed E-state index contributed by atoms with van der Waals surface area (Å²) in [5.41, 5.74) is 0.522. The summed E-state index contributed by atoms with van der Waals surface area (Å²) in [4.78, 5) is 10.5. The first-order valence-electron chi connectivity index (χ1n) is 5.92. The highest BCUT2D eigenvalue weighted by Gasteiger charge is 2.17. The van der Waals surface area contributed by atoms with E-state index in [4.69, 9.17) is 16.3 Å². The Labute approximate surface area is 110 Å². The van der Waals surface area contributed by atoms with Gasteiger partial charge < -0.3 is 10.1 Å². The molecule has 98 valence electrons. The predicted octanol–water partition coefficient (Wildman–Crippen LogP) is 3.09. The summed E-state index contributed by atoms with van der Waals surface area (Å²) in [6.07, 6.45) is 2.13. The van der Waals surface area contributed by atoms with Crippen LogP contribution in [0.2, 0.25) is 5.02 Å².